The Morgan fingerprint density at radius 3 is 2.39 bits per heavy atom. The summed E-state index contributed by atoms with van der Waals surface area (Å²) >= 11 is 18.8. The maximum atomic E-state index is 6.53. The molecule has 5 nitrogen and oxygen atoms in total. The summed E-state index contributed by atoms with van der Waals surface area (Å²) in [4.78, 5) is 4.69. The highest BCUT2D eigenvalue weighted by Crippen LogP contribution is 2.37. The lowest BCUT2D eigenvalue weighted by atomic mass is 10.1. The summed E-state index contributed by atoms with van der Waals surface area (Å²) in [5.74, 6) is 1.52. The average Bonchev–Trinajstić information content (AvgIpc) is 3.48. The number of hydrogen-bond donors (Lipinski definition) is 0. The fraction of sp³-hybridized carbons (Fsp3) is 0.261. The smallest absolute Gasteiger partial charge is 0.230 e. The van der Waals surface area contributed by atoms with E-state index in [0.29, 0.717) is 44.1 Å². The zero-order valence-corrected chi connectivity index (χ0v) is 19.0. The van der Waals surface area contributed by atoms with Crippen LogP contribution in [0.5, 0.6) is 0 Å². The molecule has 5 rings (SSSR count). The Hall–Kier alpha value is -2.34. The van der Waals surface area contributed by atoms with Gasteiger partial charge in [-0.2, -0.15) is 10.1 Å². The minimum absolute atomic E-state index is 0.338. The van der Waals surface area contributed by atoms with Gasteiger partial charge >= 0.3 is 0 Å². The van der Waals surface area contributed by atoms with E-state index in [0.717, 1.165) is 29.7 Å². The zero-order chi connectivity index (χ0) is 21.5. The van der Waals surface area contributed by atoms with Gasteiger partial charge in [0.25, 0.3) is 0 Å². The maximum absolute atomic E-state index is 6.53. The van der Waals surface area contributed by atoms with Crippen molar-refractivity contribution in [1.82, 2.24) is 19.9 Å². The molecular formula is C23H19Cl3N4O. The molecule has 1 fully saturated rings. The highest BCUT2D eigenvalue weighted by atomic mass is 35.5. The summed E-state index contributed by atoms with van der Waals surface area (Å²) < 4.78 is 7.41. The molecule has 158 valence electrons. The first-order valence-electron chi connectivity index (χ1n) is 10.2. The number of benzene rings is 2. The molecule has 8 heteroatoms. The van der Waals surface area contributed by atoms with Crippen LogP contribution in [0.3, 0.4) is 0 Å². The van der Waals surface area contributed by atoms with Gasteiger partial charge < -0.3 is 4.52 Å². The zero-order valence-electron chi connectivity index (χ0n) is 16.8. The molecule has 0 aliphatic heterocycles. The SMILES string of the molecule is Cc1c(-c2noc(C3CCCC3)n2)nn(-c2ccc(Cl)cc2Cl)c1-c1ccc(Cl)cc1. The molecule has 2 aromatic carbocycles. The van der Waals surface area contributed by atoms with Crippen molar-refractivity contribution in [3.8, 4) is 28.5 Å². The van der Waals surface area contributed by atoms with Crippen LogP contribution in [-0.2, 0) is 0 Å². The largest absolute Gasteiger partial charge is 0.339 e. The Kier molecular flexibility index (Phi) is 5.51. The summed E-state index contributed by atoms with van der Waals surface area (Å²) in [6, 6.07) is 12.9. The molecule has 0 bridgehead atoms. The topological polar surface area (TPSA) is 56.7 Å². The lowest BCUT2D eigenvalue weighted by Crippen LogP contribution is -2.00. The van der Waals surface area contributed by atoms with Crippen molar-refractivity contribution in [2.75, 3.05) is 0 Å². The van der Waals surface area contributed by atoms with Gasteiger partial charge in [-0.25, -0.2) is 4.68 Å². The third kappa shape index (κ3) is 3.86. The van der Waals surface area contributed by atoms with Crippen LogP contribution < -0.4 is 0 Å². The molecule has 31 heavy (non-hydrogen) atoms. The molecular weight excluding hydrogens is 455 g/mol. The molecule has 0 amide bonds. The van der Waals surface area contributed by atoms with Gasteiger partial charge in [-0.3, -0.25) is 0 Å². The highest BCUT2D eigenvalue weighted by molar-refractivity contribution is 6.35. The van der Waals surface area contributed by atoms with Crippen molar-refractivity contribution in [2.24, 2.45) is 0 Å². The predicted octanol–water partition coefficient (Wildman–Crippen LogP) is 7.52. The molecule has 1 saturated carbocycles. The third-order valence-electron chi connectivity index (χ3n) is 5.74. The normalized spacial score (nSPS) is 14.5. The maximum Gasteiger partial charge on any atom is 0.230 e. The van der Waals surface area contributed by atoms with Gasteiger partial charge in [-0.1, -0.05) is 64.9 Å². The summed E-state index contributed by atoms with van der Waals surface area (Å²) in [5, 5.41) is 10.8. The summed E-state index contributed by atoms with van der Waals surface area (Å²) in [6.45, 7) is 2.00. The Morgan fingerprint density at radius 2 is 1.68 bits per heavy atom. The van der Waals surface area contributed by atoms with Gasteiger partial charge in [0.2, 0.25) is 11.7 Å². The van der Waals surface area contributed by atoms with Crippen LogP contribution in [-0.4, -0.2) is 19.9 Å². The van der Waals surface area contributed by atoms with E-state index in [2.05, 4.69) is 10.1 Å². The molecule has 2 heterocycles. The Labute approximate surface area is 194 Å². The first-order chi connectivity index (χ1) is 15.0. The predicted molar refractivity (Wildman–Crippen MR) is 123 cm³/mol. The van der Waals surface area contributed by atoms with Crippen LogP contribution in [0.2, 0.25) is 15.1 Å². The molecule has 0 spiro atoms. The Bertz CT molecular complexity index is 1240. The van der Waals surface area contributed by atoms with Crippen molar-refractivity contribution in [3.63, 3.8) is 0 Å². The second-order valence-corrected chi connectivity index (χ2v) is 9.05. The summed E-state index contributed by atoms with van der Waals surface area (Å²) in [7, 11) is 0. The first kappa shape index (κ1) is 20.6. The number of aromatic nitrogens is 4. The van der Waals surface area contributed by atoms with Crippen LogP contribution in [0.15, 0.2) is 47.0 Å². The quantitative estimate of drug-likeness (QED) is 0.307. The van der Waals surface area contributed by atoms with Gasteiger partial charge in [0.05, 0.1) is 16.4 Å². The molecule has 0 saturated heterocycles. The molecule has 0 N–H and O–H groups in total. The fourth-order valence-electron chi connectivity index (χ4n) is 4.15. The van der Waals surface area contributed by atoms with Gasteiger partial charge in [0.1, 0.15) is 5.69 Å². The third-order valence-corrected chi connectivity index (χ3v) is 6.53. The molecule has 0 unspecified atom stereocenters. The molecule has 0 atom stereocenters. The number of hydrogen-bond acceptors (Lipinski definition) is 4. The van der Waals surface area contributed by atoms with E-state index in [1.807, 2.05) is 37.3 Å². The first-order valence-corrected chi connectivity index (χ1v) is 11.3. The number of rotatable bonds is 4. The van der Waals surface area contributed by atoms with Crippen LogP contribution in [0, 0.1) is 6.92 Å². The minimum atomic E-state index is 0.338. The lowest BCUT2D eigenvalue weighted by Gasteiger charge is -2.11. The van der Waals surface area contributed by atoms with E-state index in [1.54, 1.807) is 16.8 Å². The number of halogens is 3. The van der Waals surface area contributed by atoms with Gasteiger partial charge in [0.15, 0.2) is 0 Å². The average molecular weight is 474 g/mol. The van der Waals surface area contributed by atoms with Crippen LogP contribution in [0.1, 0.15) is 43.1 Å². The Morgan fingerprint density at radius 1 is 0.968 bits per heavy atom. The summed E-state index contributed by atoms with van der Waals surface area (Å²) in [5.41, 5.74) is 4.12. The van der Waals surface area contributed by atoms with Gasteiger partial charge in [-0.15, -0.1) is 0 Å². The standard InChI is InChI=1S/C23H19Cl3N4O/c1-13-20(22-27-23(31-29-22)15-4-2-3-5-15)28-30(19-11-10-17(25)12-18(19)26)21(13)14-6-8-16(24)9-7-14/h6-12,15H,2-5H2,1H3. The van der Waals surface area contributed by atoms with E-state index in [9.17, 15) is 0 Å². The van der Waals surface area contributed by atoms with Crippen LogP contribution in [0.25, 0.3) is 28.5 Å². The van der Waals surface area contributed by atoms with Crippen LogP contribution in [0.4, 0.5) is 0 Å². The molecule has 2 aromatic heterocycles. The Balaban J connectivity index is 1.67. The van der Waals surface area contributed by atoms with E-state index < -0.39 is 0 Å². The van der Waals surface area contributed by atoms with Crippen LogP contribution >= 0.6 is 34.8 Å². The van der Waals surface area contributed by atoms with E-state index in [1.165, 1.54) is 12.8 Å². The van der Waals surface area contributed by atoms with Gasteiger partial charge in [-0.05, 0) is 50.1 Å². The molecule has 1 aliphatic rings. The summed E-state index contributed by atoms with van der Waals surface area (Å²) in [6.07, 6.45) is 4.58. The van der Waals surface area contributed by atoms with E-state index >= 15 is 0 Å². The lowest BCUT2D eigenvalue weighted by molar-refractivity contribution is 0.354. The monoisotopic (exact) mass is 472 g/mol. The van der Waals surface area contributed by atoms with E-state index in [4.69, 9.17) is 44.4 Å². The van der Waals surface area contributed by atoms with Gasteiger partial charge in [0, 0.05) is 27.1 Å². The minimum Gasteiger partial charge on any atom is -0.339 e. The van der Waals surface area contributed by atoms with Crippen molar-refractivity contribution in [3.05, 3.63) is 69.0 Å². The second-order valence-electron chi connectivity index (χ2n) is 7.77. The fourth-order valence-corrected chi connectivity index (χ4v) is 4.77. The number of nitrogens with zero attached hydrogens (tertiary/aromatic N) is 4. The van der Waals surface area contributed by atoms with Crippen molar-refractivity contribution in [2.45, 2.75) is 38.5 Å². The van der Waals surface area contributed by atoms with E-state index in [-0.39, 0.29) is 0 Å². The highest BCUT2D eigenvalue weighted by Gasteiger charge is 2.27. The van der Waals surface area contributed by atoms with Crippen molar-refractivity contribution in [1.29, 1.82) is 0 Å². The van der Waals surface area contributed by atoms with Crippen molar-refractivity contribution < 1.29 is 4.52 Å². The molecule has 1 aliphatic carbocycles. The molecule has 0 radical (unpaired) electrons. The second kappa shape index (κ2) is 8.30. The molecule has 4 aromatic rings. The van der Waals surface area contributed by atoms with Crippen molar-refractivity contribution >= 4 is 34.8 Å².